The number of hydrogen-bond donors (Lipinski definition) is 1. The largest absolute Gasteiger partial charge is 0.289 e. The first-order chi connectivity index (χ1) is 4.63. The van der Waals surface area contributed by atoms with Crippen LogP contribution in [0.25, 0.3) is 0 Å². The number of likely N-dealkylation sites (N-methyl/N-ethyl adjacent to an activating group) is 1. The highest BCUT2D eigenvalue weighted by molar-refractivity contribution is 7.13. The van der Waals surface area contributed by atoms with Crippen LogP contribution >= 0.6 is 9.39 Å². The highest BCUT2D eigenvalue weighted by atomic mass is 31.0. The first kappa shape index (κ1) is 9.82. The Morgan fingerprint density at radius 3 is 2.60 bits per heavy atom. The lowest BCUT2D eigenvalue weighted by Gasteiger charge is -2.17. The molecule has 0 heterocycles. The van der Waals surface area contributed by atoms with Crippen LogP contribution in [0.3, 0.4) is 0 Å². The molecule has 1 unspecified atom stereocenters. The van der Waals surface area contributed by atoms with Gasteiger partial charge in [-0.2, -0.15) is 0 Å². The average molecular weight is 164 g/mol. The van der Waals surface area contributed by atoms with Crippen LogP contribution in [0.2, 0.25) is 0 Å². The van der Waals surface area contributed by atoms with Crippen molar-refractivity contribution in [3.63, 3.8) is 0 Å². The zero-order valence-corrected chi connectivity index (χ0v) is 7.57. The number of nitrogens with zero attached hydrogens (tertiary/aromatic N) is 1. The van der Waals surface area contributed by atoms with E-state index in [1.54, 1.807) is 14.0 Å². The molecule has 0 aromatic carbocycles. The van der Waals surface area contributed by atoms with Crippen molar-refractivity contribution in [1.82, 2.24) is 10.2 Å². The van der Waals surface area contributed by atoms with Gasteiger partial charge in [-0.25, -0.2) is 5.06 Å². The molecule has 1 amide bonds. The van der Waals surface area contributed by atoms with Crippen molar-refractivity contribution < 1.29 is 9.63 Å². The van der Waals surface area contributed by atoms with Gasteiger partial charge in [0.25, 0.3) is 5.91 Å². The fraction of sp³-hybridized carbons (Fsp3) is 0.800. The van der Waals surface area contributed by atoms with E-state index < -0.39 is 0 Å². The molecule has 0 saturated carbocycles. The molecule has 10 heavy (non-hydrogen) atoms. The van der Waals surface area contributed by atoms with Gasteiger partial charge in [0.2, 0.25) is 0 Å². The van der Waals surface area contributed by atoms with E-state index in [-0.39, 0.29) is 11.9 Å². The molecule has 5 heteroatoms. The van der Waals surface area contributed by atoms with Gasteiger partial charge in [-0.05, 0) is 6.92 Å². The maximum atomic E-state index is 11.0. The van der Waals surface area contributed by atoms with Gasteiger partial charge >= 0.3 is 0 Å². The number of rotatable bonds is 3. The molecule has 60 valence electrons. The molecule has 0 aliphatic carbocycles. The topological polar surface area (TPSA) is 41.6 Å². The maximum Gasteiger partial charge on any atom is 0.262 e. The van der Waals surface area contributed by atoms with E-state index in [1.165, 1.54) is 12.2 Å². The maximum absolute atomic E-state index is 11.0. The Morgan fingerprint density at radius 1 is 1.80 bits per heavy atom. The van der Waals surface area contributed by atoms with Crippen molar-refractivity contribution >= 4 is 15.3 Å². The number of nitrogens with one attached hydrogen (secondary N) is 1. The van der Waals surface area contributed by atoms with Crippen molar-refractivity contribution in [1.29, 1.82) is 0 Å². The standard InChI is InChI=1S/C5H13N2O2P/c1-4(6-10)5(8)7(2)9-3/h4,6H,10H2,1-3H3/t4-/m0/s1. The highest BCUT2D eigenvalue weighted by Gasteiger charge is 2.14. The smallest absolute Gasteiger partial charge is 0.262 e. The van der Waals surface area contributed by atoms with Crippen LogP contribution in [0.1, 0.15) is 6.92 Å². The lowest BCUT2D eigenvalue weighted by atomic mass is 10.3. The predicted molar refractivity (Wildman–Crippen MR) is 42.1 cm³/mol. The fourth-order valence-corrected chi connectivity index (χ4v) is 0.577. The normalized spacial score (nSPS) is 12.8. The molecule has 0 aliphatic heterocycles. The van der Waals surface area contributed by atoms with Crippen LogP contribution in [0.15, 0.2) is 0 Å². The van der Waals surface area contributed by atoms with Crippen molar-refractivity contribution in [3.8, 4) is 0 Å². The Balaban J connectivity index is 3.82. The van der Waals surface area contributed by atoms with Crippen LogP contribution < -0.4 is 5.09 Å². The summed E-state index contributed by atoms with van der Waals surface area (Å²) in [6.07, 6.45) is 0. The molecule has 0 rings (SSSR count). The van der Waals surface area contributed by atoms with E-state index in [0.717, 1.165) is 0 Å². The van der Waals surface area contributed by atoms with Gasteiger partial charge in [0.15, 0.2) is 0 Å². The summed E-state index contributed by atoms with van der Waals surface area (Å²) in [4.78, 5) is 15.7. The number of hydroxylamine groups is 2. The number of hydrogen-bond acceptors (Lipinski definition) is 3. The summed E-state index contributed by atoms with van der Waals surface area (Å²) >= 11 is 0. The molecule has 0 saturated heterocycles. The first-order valence-electron chi connectivity index (χ1n) is 2.91. The quantitative estimate of drug-likeness (QED) is 0.463. The third-order valence-corrected chi connectivity index (χ3v) is 1.70. The Labute approximate surface area is 63.1 Å². The highest BCUT2D eigenvalue weighted by Crippen LogP contribution is 1.92. The second-order valence-electron chi connectivity index (χ2n) is 1.91. The van der Waals surface area contributed by atoms with Crippen molar-refractivity contribution in [2.75, 3.05) is 14.2 Å². The molecule has 2 atom stereocenters. The summed E-state index contributed by atoms with van der Waals surface area (Å²) < 4.78 is 0. The minimum atomic E-state index is -0.227. The van der Waals surface area contributed by atoms with Crippen LogP contribution in [0, 0.1) is 0 Å². The van der Waals surface area contributed by atoms with Crippen LogP contribution in [0.4, 0.5) is 0 Å². The third-order valence-electron chi connectivity index (χ3n) is 1.20. The molecule has 4 nitrogen and oxygen atoms in total. The van der Waals surface area contributed by atoms with Gasteiger partial charge in [0, 0.05) is 7.05 Å². The SMILES string of the molecule is CON(C)C(=O)[C@H](C)NP. The lowest BCUT2D eigenvalue weighted by molar-refractivity contribution is -0.170. The summed E-state index contributed by atoms with van der Waals surface area (Å²) in [5.74, 6) is -0.0995. The van der Waals surface area contributed by atoms with Gasteiger partial charge in [-0.3, -0.25) is 14.7 Å². The molecule has 0 spiro atoms. The monoisotopic (exact) mass is 164 g/mol. The van der Waals surface area contributed by atoms with E-state index in [2.05, 4.69) is 19.3 Å². The summed E-state index contributed by atoms with van der Waals surface area (Å²) in [7, 11) is 5.30. The Bertz CT molecular complexity index is 108. The van der Waals surface area contributed by atoms with Gasteiger partial charge in [-0.15, -0.1) is 0 Å². The van der Waals surface area contributed by atoms with Gasteiger partial charge < -0.3 is 0 Å². The number of carbonyl (C=O) groups excluding carboxylic acids is 1. The Morgan fingerprint density at radius 2 is 2.30 bits per heavy atom. The van der Waals surface area contributed by atoms with E-state index >= 15 is 0 Å². The number of amides is 1. The van der Waals surface area contributed by atoms with Gasteiger partial charge in [0.1, 0.15) is 0 Å². The zero-order valence-electron chi connectivity index (χ0n) is 6.42. The molecular formula is C5H13N2O2P. The summed E-state index contributed by atoms with van der Waals surface area (Å²) in [5, 5.41) is 3.91. The molecule has 0 aromatic heterocycles. The molecule has 0 aliphatic rings. The Kier molecular flexibility index (Phi) is 4.52. The second kappa shape index (κ2) is 4.61. The number of carbonyl (C=O) groups is 1. The van der Waals surface area contributed by atoms with E-state index in [9.17, 15) is 4.79 Å². The second-order valence-corrected chi connectivity index (χ2v) is 2.24. The average Bonchev–Trinajstić information content (AvgIpc) is 2.00. The van der Waals surface area contributed by atoms with E-state index in [1.807, 2.05) is 0 Å². The minimum absolute atomic E-state index is 0.0995. The van der Waals surface area contributed by atoms with Gasteiger partial charge in [0.05, 0.1) is 13.2 Å². The zero-order chi connectivity index (χ0) is 8.15. The summed E-state index contributed by atoms with van der Waals surface area (Å²) in [6, 6.07) is -0.227. The first-order valence-corrected chi connectivity index (χ1v) is 3.49. The molecular weight excluding hydrogens is 151 g/mol. The predicted octanol–water partition coefficient (Wildman–Crippen LogP) is -0.226. The third kappa shape index (κ3) is 2.60. The summed E-state index contributed by atoms with van der Waals surface area (Å²) in [5.41, 5.74) is 0. The minimum Gasteiger partial charge on any atom is -0.289 e. The van der Waals surface area contributed by atoms with Crippen molar-refractivity contribution in [2.24, 2.45) is 0 Å². The fourth-order valence-electron chi connectivity index (χ4n) is 0.434. The van der Waals surface area contributed by atoms with Gasteiger partial charge in [-0.1, -0.05) is 9.39 Å². The molecule has 0 bridgehead atoms. The summed E-state index contributed by atoms with van der Waals surface area (Å²) in [6.45, 7) is 1.75. The van der Waals surface area contributed by atoms with E-state index in [0.29, 0.717) is 0 Å². The van der Waals surface area contributed by atoms with Crippen LogP contribution in [0.5, 0.6) is 0 Å². The van der Waals surface area contributed by atoms with Crippen LogP contribution in [-0.2, 0) is 9.63 Å². The van der Waals surface area contributed by atoms with Crippen molar-refractivity contribution in [2.45, 2.75) is 13.0 Å². The molecule has 0 radical (unpaired) electrons. The molecule has 1 N–H and O–H groups in total. The molecule has 0 aromatic rings. The van der Waals surface area contributed by atoms with E-state index in [4.69, 9.17) is 0 Å². The lowest BCUT2D eigenvalue weighted by Crippen LogP contribution is -2.38. The Hall–Kier alpha value is -0.180. The van der Waals surface area contributed by atoms with Crippen LogP contribution in [-0.4, -0.2) is 31.2 Å². The molecule has 0 fully saturated rings. The van der Waals surface area contributed by atoms with Crippen molar-refractivity contribution in [3.05, 3.63) is 0 Å².